The number of nitrogens with zero attached hydrogens (tertiary/aromatic N) is 5. The lowest BCUT2D eigenvalue weighted by atomic mass is 9.87. The van der Waals surface area contributed by atoms with E-state index in [9.17, 15) is 14.3 Å². The summed E-state index contributed by atoms with van der Waals surface area (Å²) in [4.78, 5) is 25.0. The minimum Gasteiger partial charge on any atom is -0.478 e. The quantitative estimate of drug-likeness (QED) is 0.190. The highest BCUT2D eigenvalue weighted by atomic mass is 35.5. The standard InChI is InChI=1S/C34H28ClF2N5O4/c1-18-8-21(12-30-41-31-26(37)10-22(32(43)44)11-28(31)42(30)29-16-45-17-34(29,2)3)24(35)13-23(18)27-6-7-39-33(40-27)46-15-20-5-4-19(14-38)9-25(20)36/h4-11,13,29H,12,15-17H2,1-3H3,(H,43,44)/t29-/m1/s1. The van der Waals surface area contributed by atoms with Crippen LogP contribution in [0.1, 0.15) is 58.3 Å². The van der Waals surface area contributed by atoms with Gasteiger partial charge in [-0.25, -0.2) is 23.5 Å². The summed E-state index contributed by atoms with van der Waals surface area (Å²) in [5, 5.41) is 19.0. The molecule has 0 bridgehead atoms. The molecule has 5 aromatic rings. The molecule has 12 heteroatoms. The predicted octanol–water partition coefficient (Wildman–Crippen LogP) is 7.07. The van der Waals surface area contributed by atoms with Gasteiger partial charge in [0.15, 0.2) is 5.82 Å². The average molecular weight is 644 g/mol. The molecule has 3 aromatic carbocycles. The lowest BCUT2D eigenvalue weighted by Gasteiger charge is -2.28. The number of hydrogen-bond donors (Lipinski definition) is 1. The van der Waals surface area contributed by atoms with Crippen molar-refractivity contribution in [3.05, 3.63) is 105 Å². The Morgan fingerprint density at radius 3 is 2.65 bits per heavy atom. The van der Waals surface area contributed by atoms with Crippen molar-refractivity contribution >= 4 is 28.6 Å². The smallest absolute Gasteiger partial charge is 0.335 e. The van der Waals surface area contributed by atoms with Gasteiger partial charge in [-0.1, -0.05) is 37.6 Å². The lowest BCUT2D eigenvalue weighted by Crippen LogP contribution is -2.27. The summed E-state index contributed by atoms with van der Waals surface area (Å²) in [6, 6.07) is 13.7. The first-order chi connectivity index (χ1) is 21.9. The lowest BCUT2D eigenvalue weighted by molar-refractivity contribution is 0.0696. The van der Waals surface area contributed by atoms with Gasteiger partial charge >= 0.3 is 12.0 Å². The summed E-state index contributed by atoms with van der Waals surface area (Å²) < 4.78 is 42.8. The molecule has 0 aliphatic carbocycles. The molecule has 234 valence electrons. The van der Waals surface area contributed by atoms with Gasteiger partial charge in [0.2, 0.25) is 0 Å². The van der Waals surface area contributed by atoms with E-state index >= 15 is 4.39 Å². The third kappa shape index (κ3) is 5.89. The first-order valence-corrected chi connectivity index (χ1v) is 14.8. The molecule has 3 heterocycles. The van der Waals surface area contributed by atoms with Crippen molar-refractivity contribution in [2.24, 2.45) is 5.41 Å². The van der Waals surface area contributed by atoms with Crippen LogP contribution in [-0.2, 0) is 17.8 Å². The van der Waals surface area contributed by atoms with Gasteiger partial charge in [-0.05, 0) is 54.4 Å². The van der Waals surface area contributed by atoms with Gasteiger partial charge in [-0.3, -0.25) is 0 Å². The van der Waals surface area contributed by atoms with Crippen molar-refractivity contribution < 1.29 is 28.2 Å². The third-order valence-corrected chi connectivity index (χ3v) is 8.57. The maximum absolute atomic E-state index is 15.2. The van der Waals surface area contributed by atoms with Crippen molar-refractivity contribution in [3.63, 3.8) is 0 Å². The van der Waals surface area contributed by atoms with E-state index in [0.717, 1.165) is 28.8 Å². The zero-order chi connectivity index (χ0) is 32.7. The largest absolute Gasteiger partial charge is 0.478 e. The fourth-order valence-electron chi connectivity index (χ4n) is 5.74. The Hall–Kier alpha value is -4.92. The maximum Gasteiger partial charge on any atom is 0.335 e. The van der Waals surface area contributed by atoms with Crippen LogP contribution in [0.5, 0.6) is 6.01 Å². The monoisotopic (exact) mass is 643 g/mol. The fraction of sp³-hybridized carbons (Fsp3) is 0.265. The van der Waals surface area contributed by atoms with Crippen LogP contribution in [0, 0.1) is 35.3 Å². The molecule has 1 aliphatic heterocycles. The van der Waals surface area contributed by atoms with Crippen LogP contribution in [-0.4, -0.2) is 43.8 Å². The Bertz CT molecular complexity index is 2060. The Morgan fingerprint density at radius 2 is 1.96 bits per heavy atom. The predicted molar refractivity (Wildman–Crippen MR) is 166 cm³/mol. The van der Waals surface area contributed by atoms with Gasteiger partial charge in [0.05, 0.1) is 47.7 Å². The number of nitriles is 1. The molecule has 1 fully saturated rings. The minimum atomic E-state index is -1.23. The van der Waals surface area contributed by atoms with Crippen LogP contribution < -0.4 is 4.74 Å². The van der Waals surface area contributed by atoms with Gasteiger partial charge in [0.25, 0.3) is 0 Å². The molecule has 46 heavy (non-hydrogen) atoms. The van der Waals surface area contributed by atoms with Crippen LogP contribution >= 0.6 is 11.6 Å². The highest BCUT2D eigenvalue weighted by molar-refractivity contribution is 6.31. The molecule has 6 rings (SSSR count). The number of imidazole rings is 1. The van der Waals surface area contributed by atoms with Gasteiger partial charge in [-0.2, -0.15) is 10.2 Å². The first-order valence-electron chi connectivity index (χ1n) is 14.4. The molecule has 0 saturated carbocycles. The maximum atomic E-state index is 15.2. The van der Waals surface area contributed by atoms with Crippen molar-refractivity contribution in [3.8, 4) is 23.3 Å². The fourth-order valence-corrected chi connectivity index (χ4v) is 5.97. The van der Waals surface area contributed by atoms with E-state index in [4.69, 9.17) is 26.3 Å². The van der Waals surface area contributed by atoms with E-state index in [-0.39, 0.29) is 52.7 Å². The van der Waals surface area contributed by atoms with E-state index in [1.165, 1.54) is 24.4 Å². The van der Waals surface area contributed by atoms with E-state index in [0.29, 0.717) is 35.3 Å². The van der Waals surface area contributed by atoms with E-state index < -0.39 is 17.6 Å². The third-order valence-electron chi connectivity index (χ3n) is 8.22. The zero-order valence-electron chi connectivity index (χ0n) is 25.1. The van der Waals surface area contributed by atoms with Crippen LogP contribution in [0.4, 0.5) is 8.78 Å². The van der Waals surface area contributed by atoms with Gasteiger partial charge in [-0.15, -0.1) is 0 Å². The second kappa shape index (κ2) is 12.1. The van der Waals surface area contributed by atoms with Crippen LogP contribution in [0.2, 0.25) is 5.02 Å². The van der Waals surface area contributed by atoms with E-state index in [1.807, 2.05) is 37.5 Å². The summed E-state index contributed by atoms with van der Waals surface area (Å²) in [6.45, 7) is 6.72. The van der Waals surface area contributed by atoms with Crippen LogP contribution in [0.15, 0.2) is 54.7 Å². The molecule has 9 nitrogen and oxygen atoms in total. The first kappa shape index (κ1) is 31.1. The summed E-state index contributed by atoms with van der Waals surface area (Å²) >= 11 is 6.84. The van der Waals surface area contributed by atoms with Gasteiger partial charge in [0, 0.05) is 34.2 Å². The molecule has 0 spiro atoms. The normalized spacial score (nSPS) is 15.6. The molecular weight excluding hydrogens is 616 g/mol. The number of aromatic nitrogens is 4. The van der Waals surface area contributed by atoms with Gasteiger partial charge < -0.3 is 19.1 Å². The number of aromatic carboxylic acids is 1. The molecule has 1 aliphatic rings. The Morgan fingerprint density at radius 1 is 1.15 bits per heavy atom. The molecule has 1 atom stereocenters. The van der Waals surface area contributed by atoms with Crippen LogP contribution in [0.3, 0.4) is 0 Å². The molecule has 0 amide bonds. The summed E-state index contributed by atoms with van der Waals surface area (Å²) in [7, 11) is 0. The number of carbonyl (C=O) groups is 1. The molecular formula is C34H28ClF2N5O4. The Balaban J connectivity index is 1.32. The number of rotatable bonds is 8. The SMILES string of the molecule is Cc1cc(Cc2nc3c(F)cc(C(=O)O)cc3n2[C@@H]2COCC2(C)C)c(Cl)cc1-c1ccnc(OCc2ccc(C#N)cc2F)n1. The second-order valence-electron chi connectivity index (χ2n) is 11.9. The number of benzene rings is 3. The number of carboxylic acids is 1. The molecule has 1 N–H and O–H groups in total. The van der Waals surface area contributed by atoms with Gasteiger partial charge in [0.1, 0.15) is 23.8 Å². The second-order valence-corrected chi connectivity index (χ2v) is 12.3. The Labute approximate surface area is 268 Å². The number of halogens is 3. The number of ether oxygens (including phenoxy) is 2. The summed E-state index contributed by atoms with van der Waals surface area (Å²) in [6.07, 6.45) is 1.78. The highest BCUT2D eigenvalue weighted by Gasteiger charge is 2.39. The number of aryl methyl sites for hydroxylation is 1. The van der Waals surface area contributed by atoms with Crippen molar-refractivity contribution in [2.45, 2.75) is 39.8 Å². The van der Waals surface area contributed by atoms with Crippen molar-refractivity contribution in [2.75, 3.05) is 13.2 Å². The van der Waals surface area contributed by atoms with E-state index in [1.54, 1.807) is 12.1 Å². The molecule has 0 radical (unpaired) electrons. The minimum absolute atomic E-state index is 0.0405. The Kier molecular flexibility index (Phi) is 8.19. The molecule has 1 saturated heterocycles. The summed E-state index contributed by atoms with van der Waals surface area (Å²) in [5.41, 5.74) is 3.29. The topological polar surface area (TPSA) is 123 Å². The average Bonchev–Trinajstić information content (AvgIpc) is 3.56. The number of carboxylic acid groups (broad SMARTS) is 1. The summed E-state index contributed by atoms with van der Waals surface area (Å²) in [5.74, 6) is -1.98. The van der Waals surface area contributed by atoms with Crippen molar-refractivity contribution in [1.29, 1.82) is 5.26 Å². The zero-order valence-corrected chi connectivity index (χ0v) is 25.9. The van der Waals surface area contributed by atoms with Crippen LogP contribution in [0.25, 0.3) is 22.3 Å². The van der Waals surface area contributed by atoms with Crippen molar-refractivity contribution in [1.82, 2.24) is 19.5 Å². The molecule has 2 aromatic heterocycles. The highest BCUT2D eigenvalue weighted by Crippen LogP contribution is 2.41. The van der Waals surface area contributed by atoms with E-state index in [2.05, 4.69) is 15.0 Å². The molecule has 0 unspecified atom stereocenters. The number of fused-ring (bicyclic) bond motifs is 1. The number of hydrogen-bond acceptors (Lipinski definition) is 7.